The largest absolute Gasteiger partial charge is 0.374 e. The summed E-state index contributed by atoms with van der Waals surface area (Å²) in [7, 11) is 0. The van der Waals surface area contributed by atoms with Crippen molar-refractivity contribution >= 4 is 40.3 Å². The molecule has 2 atom stereocenters. The molecule has 2 heterocycles. The summed E-state index contributed by atoms with van der Waals surface area (Å²) < 4.78 is 7.98. The van der Waals surface area contributed by atoms with Gasteiger partial charge < -0.3 is 4.74 Å². The van der Waals surface area contributed by atoms with E-state index in [1.165, 1.54) is 5.57 Å². The highest BCUT2D eigenvalue weighted by molar-refractivity contribution is 14.2. The highest BCUT2D eigenvalue weighted by Gasteiger charge is 2.44. The predicted octanol–water partition coefficient (Wildman–Crippen LogP) is 4.24. The molecule has 0 amide bonds. The molecule has 1 aliphatic carbocycles. The third-order valence-corrected chi connectivity index (χ3v) is 6.31. The Morgan fingerprint density at radius 2 is 2.33 bits per heavy atom. The summed E-state index contributed by atoms with van der Waals surface area (Å²) in [6.45, 7) is 5.40. The Balaban J connectivity index is 1.82. The molecule has 4 nitrogen and oxygen atoms in total. The van der Waals surface area contributed by atoms with Crippen molar-refractivity contribution in [3.05, 3.63) is 23.5 Å². The van der Waals surface area contributed by atoms with E-state index in [1.807, 2.05) is 10.6 Å². The Labute approximate surface area is 140 Å². The zero-order chi connectivity index (χ0) is 15.1. The standard InChI is InChI=1S/C15H20IN2O2P/c1-14(2)9-15(20-10-14)5-3-11(4-6-15)12-7-18(21-16)17-13(12)8-19/h3,7-8,21H,4-6,9-10H2,1-2H3. The lowest BCUT2D eigenvalue weighted by Gasteiger charge is -2.32. The molecular formula is C15H20IN2O2P. The molecule has 0 bridgehead atoms. The molecule has 0 aromatic carbocycles. The van der Waals surface area contributed by atoms with Gasteiger partial charge in [0.05, 0.1) is 18.6 Å². The second-order valence-corrected chi connectivity index (χ2v) is 8.90. The van der Waals surface area contributed by atoms with E-state index in [2.05, 4.69) is 47.1 Å². The number of aromatic nitrogens is 2. The zero-order valence-corrected chi connectivity index (χ0v) is 15.5. The first-order valence-electron chi connectivity index (χ1n) is 7.22. The van der Waals surface area contributed by atoms with Crippen LogP contribution in [0, 0.1) is 5.41 Å². The van der Waals surface area contributed by atoms with Gasteiger partial charge in [0.15, 0.2) is 6.29 Å². The van der Waals surface area contributed by atoms with Gasteiger partial charge in [0.25, 0.3) is 0 Å². The lowest BCUT2D eigenvalue weighted by atomic mass is 9.76. The monoisotopic (exact) mass is 418 g/mol. The van der Waals surface area contributed by atoms with E-state index in [1.54, 1.807) is 0 Å². The van der Waals surface area contributed by atoms with Crippen molar-refractivity contribution in [2.45, 2.75) is 45.1 Å². The van der Waals surface area contributed by atoms with Crippen LogP contribution in [0.3, 0.4) is 0 Å². The minimum Gasteiger partial charge on any atom is -0.374 e. The van der Waals surface area contributed by atoms with Crippen molar-refractivity contribution in [3.63, 3.8) is 0 Å². The Morgan fingerprint density at radius 3 is 2.86 bits per heavy atom. The molecule has 1 saturated heterocycles. The summed E-state index contributed by atoms with van der Waals surface area (Å²) in [5.74, 6) is 0. The molecule has 0 radical (unpaired) electrons. The number of hydrogen-bond donors (Lipinski definition) is 0. The van der Waals surface area contributed by atoms with Crippen LogP contribution >= 0.6 is 28.4 Å². The van der Waals surface area contributed by atoms with Gasteiger partial charge in [-0.1, -0.05) is 19.9 Å². The van der Waals surface area contributed by atoms with Crippen LogP contribution in [0.15, 0.2) is 12.3 Å². The summed E-state index contributed by atoms with van der Waals surface area (Å²) >= 11 is 2.27. The average Bonchev–Trinajstić information content (AvgIpc) is 3.01. The smallest absolute Gasteiger partial charge is 0.170 e. The summed E-state index contributed by atoms with van der Waals surface area (Å²) in [6.07, 6.45) is 9.72. The highest BCUT2D eigenvalue weighted by Crippen LogP contribution is 2.47. The second kappa shape index (κ2) is 5.74. The second-order valence-electron chi connectivity index (χ2n) is 6.82. The van der Waals surface area contributed by atoms with Crippen molar-refractivity contribution in [3.8, 4) is 0 Å². The lowest BCUT2D eigenvalue weighted by Crippen LogP contribution is -2.30. The fourth-order valence-corrected chi connectivity index (χ4v) is 4.56. The van der Waals surface area contributed by atoms with Gasteiger partial charge in [-0.25, -0.2) is 4.45 Å². The minimum absolute atomic E-state index is 0.0232. The fourth-order valence-electron chi connectivity index (χ4n) is 3.50. The molecule has 1 aromatic rings. The maximum Gasteiger partial charge on any atom is 0.170 e. The van der Waals surface area contributed by atoms with E-state index >= 15 is 0 Å². The van der Waals surface area contributed by atoms with Crippen LogP contribution in [0.25, 0.3) is 5.57 Å². The first kappa shape index (κ1) is 15.6. The van der Waals surface area contributed by atoms with Gasteiger partial charge in [-0.05, 0) is 58.7 Å². The minimum atomic E-state index is 0.0232. The van der Waals surface area contributed by atoms with Crippen LogP contribution in [-0.4, -0.2) is 28.0 Å². The van der Waals surface area contributed by atoms with Crippen LogP contribution in [0.1, 0.15) is 55.6 Å². The molecule has 6 heteroatoms. The molecule has 1 fully saturated rings. The van der Waals surface area contributed by atoms with Crippen LogP contribution in [0.4, 0.5) is 0 Å². The van der Waals surface area contributed by atoms with Gasteiger partial charge in [0.1, 0.15) is 5.69 Å². The average molecular weight is 418 g/mol. The van der Waals surface area contributed by atoms with Crippen LogP contribution in [-0.2, 0) is 4.74 Å². The lowest BCUT2D eigenvalue weighted by molar-refractivity contribution is -0.00364. The van der Waals surface area contributed by atoms with E-state index < -0.39 is 0 Å². The Morgan fingerprint density at radius 1 is 1.52 bits per heavy atom. The van der Waals surface area contributed by atoms with E-state index in [4.69, 9.17) is 4.74 Å². The molecule has 114 valence electrons. The van der Waals surface area contributed by atoms with E-state index in [-0.39, 0.29) is 11.0 Å². The third kappa shape index (κ3) is 3.10. The maximum atomic E-state index is 11.2. The Bertz CT molecular complexity index is 596. The molecule has 1 spiro atoms. The third-order valence-electron chi connectivity index (χ3n) is 4.43. The van der Waals surface area contributed by atoms with Gasteiger partial charge in [-0.3, -0.25) is 4.79 Å². The Hall–Kier alpha value is -0.260. The van der Waals surface area contributed by atoms with Crippen molar-refractivity contribution in [1.82, 2.24) is 9.55 Å². The van der Waals surface area contributed by atoms with E-state index in [9.17, 15) is 4.79 Å². The van der Waals surface area contributed by atoms with Gasteiger partial charge in [0.2, 0.25) is 0 Å². The van der Waals surface area contributed by atoms with E-state index in [0.29, 0.717) is 12.1 Å². The van der Waals surface area contributed by atoms with Gasteiger partial charge in [-0.15, -0.1) is 0 Å². The van der Waals surface area contributed by atoms with Crippen LogP contribution in [0.2, 0.25) is 0 Å². The van der Waals surface area contributed by atoms with Crippen LogP contribution in [0.5, 0.6) is 0 Å². The molecule has 1 aromatic heterocycles. The number of carbonyl (C=O) groups excluding carboxylic acids is 1. The number of nitrogens with zero attached hydrogens (tertiary/aromatic N) is 2. The number of aldehydes is 1. The number of allylic oxidation sites excluding steroid dienone is 1. The first-order valence-corrected chi connectivity index (χ1v) is 11.3. The number of carbonyl (C=O) groups is 1. The SMILES string of the molecule is CC1(C)COC2(CC=C(c3cn(PI)nc3C=O)CC2)C1. The number of ether oxygens (including phenoxy) is 1. The number of hydrogen-bond acceptors (Lipinski definition) is 3. The molecule has 3 rings (SSSR count). The van der Waals surface area contributed by atoms with Crippen molar-refractivity contribution in [1.29, 1.82) is 0 Å². The van der Waals surface area contributed by atoms with Crippen molar-refractivity contribution in [2.75, 3.05) is 6.61 Å². The van der Waals surface area contributed by atoms with Crippen molar-refractivity contribution in [2.24, 2.45) is 5.41 Å². The summed E-state index contributed by atoms with van der Waals surface area (Å²) in [5.41, 5.74) is 3.12. The number of rotatable bonds is 3. The van der Waals surface area contributed by atoms with Gasteiger partial charge in [0, 0.05) is 11.8 Å². The summed E-state index contributed by atoms with van der Waals surface area (Å²) in [4.78, 5) is 11.2. The molecule has 1 aliphatic heterocycles. The molecule has 2 unspecified atom stereocenters. The topological polar surface area (TPSA) is 44.1 Å². The van der Waals surface area contributed by atoms with E-state index in [0.717, 1.165) is 44.1 Å². The van der Waals surface area contributed by atoms with Gasteiger partial charge in [-0.2, -0.15) is 5.10 Å². The predicted molar refractivity (Wildman–Crippen MR) is 94.3 cm³/mol. The van der Waals surface area contributed by atoms with Gasteiger partial charge >= 0.3 is 0 Å². The molecular weight excluding hydrogens is 398 g/mol. The first-order chi connectivity index (χ1) is 9.97. The zero-order valence-electron chi connectivity index (χ0n) is 12.4. The van der Waals surface area contributed by atoms with Crippen molar-refractivity contribution < 1.29 is 9.53 Å². The molecule has 2 aliphatic rings. The summed E-state index contributed by atoms with van der Waals surface area (Å²) in [6, 6.07) is 0. The fraction of sp³-hybridized carbons (Fsp3) is 0.600. The molecule has 0 saturated carbocycles. The normalized spacial score (nSPS) is 28.4. The number of halogens is 1. The Kier molecular flexibility index (Phi) is 4.27. The summed E-state index contributed by atoms with van der Waals surface area (Å²) in [5, 5.41) is 4.32. The quantitative estimate of drug-likeness (QED) is 0.419. The highest BCUT2D eigenvalue weighted by atomic mass is 127. The molecule has 0 N–H and O–H groups in total. The van der Waals surface area contributed by atoms with Crippen LogP contribution < -0.4 is 0 Å². The maximum absolute atomic E-state index is 11.2. The molecule has 21 heavy (non-hydrogen) atoms.